The Labute approximate surface area is 80.6 Å². The number of hydrogen-bond acceptors (Lipinski definition) is 2. The van der Waals surface area contributed by atoms with E-state index >= 15 is 0 Å². The Morgan fingerprint density at radius 3 is 2.83 bits per heavy atom. The summed E-state index contributed by atoms with van der Waals surface area (Å²) in [5.41, 5.74) is 0. The highest BCUT2D eigenvalue weighted by atomic mass is 79.9. The standard InChI is InChI=1S/C6H3BrClF2NO/c7-5-4(12-6(9)10)1-3(8)2-11-5/h1-2,6H. The van der Waals surface area contributed by atoms with Crippen molar-refractivity contribution in [1.82, 2.24) is 4.98 Å². The predicted octanol–water partition coefficient (Wildman–Crippen LogP) is 3.10. The largest absolute Gasteiger partial charge is 0.432 e. The average Bonchev–Trinajstić information content (AvgIpc) is 1.96. The van der Waals surface area contributed by atoms with Crippen molar-refractivity contribution in [1.29, 1.82) is 0 Å². The fraction of sp³-hybridized carbons (Fsp3) is 0.167. The number of hydrogen-bond donors (Lipinski definition) is 0. The molecule has 0 aliphatic carbocycles. The second-order valence-corrected chi connectivity index (χ2v) is 3.01. The molecule has 0 aliphatic rings. The van der Waals surface area contributed by atoms with Crippen LogP contribution in [0, 0.1) is 0 Å². The molecule has 1 aromatic heterocycles. The van der Waals surface area contributed by atoms with Gasteiger partial charge in [0.1, 0.15) is 4.60 Å². The van der Waals surface area contributed by atoms with Crippen LogP contribution in [0.3, 0.4) is 0 Å². The monoisotopic (exact) mass is 257 g/mol. The van der Waals surface area contributed by atoms with Crippen LogP contribution in [0.1, 0.15) is 0 Å². The second kappa shape index (κ2) is 4.00. The summed E-state index contributed by atoms with van der Waals surface area (Å²) in [4.78, 5) is 3.66. The minimum atomic E-state index is -2.87. The van der Waals surface area contributed by atoms with Gasteiger partial charge in [-0.3, -0.25) is 0 Å². The zero-order valence-corrected chi connectivity index (χ0v) is 7.94. The highest BCUT2D eigenvalue weighted by Crippen LogP contribution is 2.26. The first-order valence-corrected chi connectivity index (χ1v) is 4.02. The number of pyridine rings is 1. The van der Waals surface area contributed by atoms with Crippen LogP contribution in [0.25, 0.3) is 0 Å². The summed E-state index contributed by atoms with van der Waals surface area (Å²) in [6.07, 6.45) is 1.32. The molecular formula is C6H3BrClF2NO. The number of aromatic nitrogens is 1. The molecule has 12 heavy (non-hydrogen) atoms. The van der Waals surface area contributed by atoms with Crippen molar-refractivity contribution in [2.24, 2.45) is 0 Å². The molecule has 6 heteroatoms. The summed E-state index contributed by atoms with van der Waals surface area (Å²) in [7, 11) is 0. The molecule has 0 amide bonds. The first-order chi connectivity index (χ1) is 5.59. The number of alkyl halides is 2. The molecule has 0 atom stereocenters. The van der Waals surface area contributed by atoms with Crippen molar-refractivity contribution in [3.8, 4) is 5.75 Å². The first-order valence-electron chi connectivity index (χ1n) is 2.85. The van der Waals surface area contributed by atoms with Crippen LogP contribution in [0.4, 0.5) is 8.78 Å². The third-order valence-corrected chi connectivity index (χ3v) is 1.79. The maximum absolute atomic E-state index is 11.7. The van der Waals surface area contributed by atoms with Crippen LogP contribution in [-0.2, 0) is 0 Å². The van der Waals surface area contributed by atoms with Crippen LogP contribution in [0.5, 0.6) is 5.75 Å². The van der Waals surface area contributed by atoms with Gasteiger partial charge in [0.2, 0.25) is 0 Å². The van der Waals surface area contributed by atoms with E-state index in [4.69, 9.17) is 11.6 Å². The molecule has 0 saturated carbocycles. The quantitative estimate of drug-likeness (QED) is 0.761. The summed E-state index contributed by atoms with van der Waals surface area (Å²) < 4.78 is 27.7. The van der Waals surface area contributed by atoms with Gasteiger partial charge in [0.25, 0.3) is 0 Å². The lowest BCUT2D eigenvalue weighted by molar-refractivity contribution is -0.0506. The van der Waals surface area contributed by atoms with Gasteiger partial charge in [-0.05, 0) is 15.9 Å². The summed E-state index contributed by atoms with van der Waals surface area (Å²) in [6, 6.07) is 1.25. The second-order valence-electron chi connectivity index (χ2n) is 1.82. The highest BCUT2D eigenvalue weighted by Gasteiger charge is 2.09. The van der Waals surface area contributed by atoms with Gasteiger partial charge in [0, 0.05) is 12.3 Å². The van der Waals surface area contributed by atoms with Crippen molar-refractivity contribution < 1.29 is 13.5 Å². The average molecular weight is 258 g/mol. The van der Waals surface area contributed by atoms with Crippen molar-refractivity contribution in [3.63, 3.8) is 0 Å². The van der Waals surface area contributed by atoms with Crippen LogP contribution in [0.15, 0.2) is 16.9 Å². The Hall–Kier alpha value is -0.420. The van der Waals surface area contributed by atoms with Gasteiger partial charge in [0.15, 0.2) is 5.75 Å². The number of ether oxygens (including phenoxy) is 1. The predicted molar refractivity (Wildman–Crippen MR) is 43.6 cm³/mol. The lowest BCUT2D eigenvalue weighted by atomic mass is 10.5. The summed E-state index contributed by atoms with van der Waals surface area (Å²) in [6.45, 7) is -2.87. The van der Waals surface area contributed by atoms with Gasteiger partial charge in [-0.25, -0.2) is 4.98 Å². The fourth-order valence-electron chi connectivity index (χ4n) is 0.583. The van der Waals surface area contributed by atoms with Gasteiger partial charge in [-0.2, -0.15) is 8.78 Å². The maximum atomic E-state index is 11.7. The zero-order chi connectivity index (χ0) is 9.14. The first kappa shape index (κ1) is 9.67. The molecule has 1 aromatic rings. The molecule has 0 fully saturated rings. The van der Waals surface area contributed by atoms with Gasteiger partial charge < -0.3 is 4.74 Å². The van der Waals surface area contributed by atoms with Crippen molar-refractivity contribution >= 4 is 27.5 Å². The van der Waals surface area contributed by atoms with E-state index in [0.717, 1.165) is 0 Å². The van der Waals surface area contributed by atoms with Gasteiger partial charge in [-0.1, -0.05) is 11.6 Å². The highest BCUT2D eigenvalue weighted by molar-refractivity contribution is 9.10. The SMILES string of the molecule is FC(F)Oc1cc(Cl)cnc1Br. The minimum absolute atomic E-state index is 0.0718. The summed E-state index contributed by atoms with van der Waals surface area (Å²) in [5.74, 6) is -0.0718. The lowest BCUT2D eigenvalue weighted by Gasteiger charge is -2.05. The molecule has 1 heterocycles. The van der Waals surface area contributed by atoms with Gasteiger partial charge in [-0.15, -0.1) is 0 Å². The van der Waals surface area contributed by atoms with E-state index in [1.807, 2.05) is 0 Å². The molecule has 0 spiro atoms. The van der Waals surface area contributed by atoms with Crippen LogP contribution in [0.2, 0.25) is 5.02 Å². The van der Waals surface area contributed by atoms with E-state index in [9.17, 15) is 8.78 Å². The summed E-state index contributed by atoms with van der Waals surface area (Å²) in [5, 5.41) is 0.244. The zero-order valence-electron chi connectivity index (χ0n) is 5.60. The molecule has 0 radical (unpaired) electrons. The Morgan fingerprint density at radius 2 is 2.25 bits per heavy atom. The molecular weight excluding hydrogens is 255 g/mol. The van der Waals surface area contributed by atoms with E-state index in [-0.39, 0.29) is 15.4 Å². The Balaban J connectivity index is 2.90. The van der Waals surface area contributed by atoms with Crippen molar-refractivity contribution in [2.45, 2.75) is 6.61 Å². The molecule has 0 N–H and O–H groups in total. The van der Waals surface area contributed by atoms with E-state index in [1.54, 1.807) is 0 Å². The number of nitrogens with zero attached hydrogens (tertiary/aromatic N) is 1. The normalized spacial score (nSPS) is 10.4. The molecule has 66 valence electrons. The molecule has 0 bridgehead atoms. The minimum Gasteiger partial charge on any atom is -0.432 e. The molecule has 2 nitrogen and oxygen atoms in total. The van der Waals surface area contributed by atoms with E-state index in [0.29, 0.717) is 0 Å². The topological polar surface area (TPSA) is 22.1 Å². The van der Waals surface area contributed by atoms with Crippen molar-refractivity contribution in [2.75, 3.05) is 0 Å². The van der Waals surface area contributed by atoms with E-state index < -0.39 is 6.61 Å². The van der Waals surface area contributed by atoms with Gasteiger partial charge >= 0.3 is 6.61 Å². The smallest absolute Gasteiger partial charge is 0.387 e. The Bertz CT molecular complexity index is 284. The molecule has 0 unspecified atom stereocenters. The van der Waals surface area contributed by atoms with E-state index in [1.165, 1.54) is 12.3 Å². The van der Waals surface area contributed by atoms with Crippen molar-refractivity contribution in [3.05, 3.63) is 21.9 Å². The Kier molecular flexibility index (Phi) is 3.22. The number of halogens is 4. The lowest BCUT2D eigenvalue weighted by Crippen LogP contribution is -2.02. The fourth-order valence-corrected chi connectivity index (χ4v) is 1.04. The van der Waals surface area contributed by atoms with E-state index in [2.05, 4.69) is 25.7 Å². The maximum Gasteiger partial charge on any atom is 0.387 e. The molecule has 0 aliphatic heterocycles. The van der Waals surface area contributed by atoms with Crippen LogP contribution in [-0.4, -0.2) is 11.6 Å². The Morgan fingerprint density at radius 1 is 1.58 bits per heavy atom. The van der Waals surface area contributed by atoms with Gasteiger partial charge in [0.05, 0.1) is 5.02 Å². The molecule has 0 saturated heterocycles. The number of rotatable bonds is 2. The molecule has 1 rings (SSSR count). The third kappa shape index (κ3) is 2.57. The third-order valence-electron chi connectivity index (χ3n) is 0.990. The molecule has 0 aromatic carbocycles. The summed E-state index contributed by atoms with van der Waals surface area (Å²) >= 11 is 8.42. The van der Waals surface area contributed by atoms with Crippen LogP contribution >= 0.6 is 27.5 Å². The van der Waals surface area contributed by atoms with Crippen LogP contribution < -0.4 is 4.74 Å².